The number of hydrogen-bond acceptors (Lipinski definition) is 5. The molecule has 3 fully saturated rings. The third-order valence-corrected chi connectivity index (χ3v) is 6.24. The van der Waals surface area contributed by atoms with E-state index < -0.39 is 18.8 Å². The Labute approximate surface area is 191 Å². The summed E-state index contributed by atoms with van der Waals surface area (Å²) in [6, 6.07) is 3.97. The van der Waals surface area contributed by atoms with E-state index in [0.29, 0.717) is 18.6 Å². The van der Waals surface area contributed by atoms with Crippen LogP contribution in [0.2, 0.25) is 5.02 Å². The molecule has 5 rings (SSSR count). The monoisotopic (exact) mass is 491 g/mol. The van der Waals surface area contributed by atoms with Crippen LogP contribution in [0, 0.1) is 5.82 Å². The number of nitrogens with one attached hydrogen (secondary N) is 1. The van der Waals surface area contributed by atoms with Crippen LogP contribution in [0.4, 0.5) is 17.6 Å². The molecule has 1 aromatic heterocycles. The quantitative estimate of drug-likeness (QED) is 0.398. The topological polar surface area (TPSA) is 74.6 Å². The highest BCUT2D eigenvalue weighted by atomic mass is 35.5. The summed E-state index contributed by atoms with van der Waals surface area (Å²) in [5.41, 5.74) is -0.567. The smallest absolute Gasteiger partial charge is 0.490 e. The van der Waals surface area contributed by atoms with Crippen LogP contribution < -0.4 is 14.8 Å². The van der Waals surface area contributed by atoms with Crippen molar-refractivity contribution in [3.8, 4) is 11.5 Å². The summed E-state index contributed by atoms with van der Waals surface area (Å²) in [4.78, 5) is 12.4. The second-order valence-corrected chi connectivity index (χ2v) is 8.80. The van der Waals surface area contributed by atoms with E-state index in [1.54, 1.807) is 10.9 Å². The third kappa shape index (κ3) is 5.52. The normalized spacial score (nSPS) is 23.8. The molecule has 1 heterocycles. The minimum absolute atomic E-state index is 0.0231. The number of carbonyl (C=O) groups excluding carboxylic acids is 1. The molecule has 0 radical (unpaired) electrons. The number of carbonyl (C=O) groups is 1. The number of hydrogen-bond donors (Lipinski definition) is 1. The SMILES string of the molecule is O=C(COc1ccc(Cl)c(F)c1)NC12CCC(n3cc(OCCCOC(F)(F)F)cn3)(C1)C2. The Balaban J connectivity index is 1.22. The molecule has 2 aromatic rings. The van der Waals surface area contributed by atoms with Crippen LogP contribution in [0.15, 0.2) is 30.6 Å². The van der Waals surface area contributed by atoms with Crippen molar-refractivity contribution in [1.82, 2.24) is 15.1 Å². The van der Waals surface area contributed by atoms with Gasteiger partial charge in [-0.05, 0) is 37.8 Å². The summed E-state index contributed by atoms with van der Waals surface area (Å²) >= 11 is 5.63. The highest BCUT2D eigenvalue weighted by Gasteiger charge is 2.63. The molecule has 0 saturated heterocycles. The molecule has 3 saturated carbocycles. The Bertz CT molecular complexity index is 1010. The summed E-state index contributed by atoms with van der Waals surface area (Å²) in [5.74, 6) is -0.238. The van der Waals surface area contributed by atoms with Crippen LogP contribution in [-0.4, -0.2) is 47.4 Å². The van der Waals surface area contributed by atoms with Gasteiger partial charge in [0.25, 0.3) is 5.91 Å². The van der Waals surface area contributed by atoms with E-state index in [2.05, 4.69) is 15.2 Å². The fourth-order valence-corrected chi connectivity index (χ4v) is 4.70. The Morgan fingerprint density at radius 2 is 1.97 bits per heavy atom. The van der Waals surface area contributed by atoms with E-state index >= 15 is 0 Å². The van der Waals surface area contributed by atoms with Gasteiger partial charge in [0.05, 0.1) is 36.2 Å². The minimum atomic E-state index is -4.64. The summed E-state index contributed by atoms with van der Waals surface area (Å²) in [6.45, 7) is -0.639. The lowest BCUT2D eigenvalue weighted by Crippen LogP contribution is -2.59. The van der Waals surface area contributed by atoms with Gasteiger partial charge in [0.15, 0.2) is 12.4 Å². The van der Waals surface area contributed by atoms with Crippen LogP contribution >= 0.6 is 11.6 Å². The van der Waals surface area contributed by atoms with E-state index in [0.717, 1.165) is 18.9 Å². The summed E-state index contributed by atoms with van der Waals surface area (Å²) in [7, 11) is 0. The first-order chi connectivity index (χ1) is 15.6. The van der Waals surface area contributed by atoms with Crippen LogP contribution in [0.5, 0.6) is 11.5 Å². The number of alkyl halides is 3. The van der Waals surface area contributed by atoms with E-state index in [-0.39, 0.29) is 47.4 Å². The van der Waals surface area contributed by atoms with Crippen molar-refractivity contribution in [3.05, 3.63) is 41.4 Å². The molecular weight excluding hydrogens is 470 g/mol. The average molecular weight is 492 g/mol. The van der Waals surface area contributed by atoms with Gasteiger partial charge in [-0.3, -0.25) is 14.2 Å². The van der Waals surface area contributed by atoms with Crippen molar-refractivity contribution < 1.29 is 36.6 Å². The fraction of sp³-hybridized carbons (Fsp3) is 0.524. The number of aromatic nitrogens is 2. The van der Waals surface area contributed by atoms with Crippen molar-refractivity contribution in [1.29, 1.82) is 0 Å². The molecule has 3 aliphatic carbocycles. The largest absolute Gasteiger partial charge is 0.522 e. The van der Waals surface area contributed by atoms with Gasteiger partial charge in [0.1, 0.15) is 11.6 Å². The van der Waals surface area contributed by atoms with E-state index in [1.807, 2.05) is 0 Å². The zero-order valence-corrected chi connectivity index (χ0v) is 18.2. The summed E-state index contributed by atoms with van der Waals surface area (Å²) in [6.07, 6.45) is 1.68. The number of amides is 1. The second kappa shape index (κ2) is 9.02. The van der Waals surface area contributed by atoms with E-state index in [4.69, 9.17) is 21.1 Å². The summed E-state index contributed by atoms with van der Waals surface area (Å²) < 4.78 is 65.7. The number of fused-ring (bicyclic) bond motifs is 1. The highest BCUT2D eigenvalue weighted by Crippen LogP contribution is 2.59. The average Bonchev–Trinajstić information content (AvgIpc) is 3.41. The molecule has 2 bridgehead atoms. The molecule has 1 amide bonds. The Kier molecular flexibility index (Phi) is 6.45. The molecule has 0 spiro atoms. The van der Waals surface area contributed by atoms with Gasteiger partial charge < -0.3 is 14.8 Å². The zero-order chi connectivity index (χ0) is 23.7. The third-order valence-electron chi connectivity index (χ3n) is 5.94. The Morgan fingerprint density at radius 3 is 2.70 bits per heavy atom. The van der Waals surface area contributed by atoms with Crippen molar-refractivity contribution in [2.24, 2.45) is 0 Å². The maximum absolute atomic E-state index is 13.5. The first kappa shape index (κ1) is 23.6. The first-order valence-electron chi connectivity index (χ1n) is 10.4. The number of halogens is 5. The van der Waals surface area contributed by atoms with Gasteiger partial charge >= 0.3 is 6.36 Å². The van der Waals surface area contributed by atoms with Gasteiger partial charge in [-0.25, -0.2) is 4.39 Å². The van der Waals surface area contributed by atoms with Gasteiger partial charge in [-0.2, -0.15) is 5.10 Å². The Morgan fingerprint density at radius 1 is 1.18 bits per heavy atom. The second-order valence-electron chi connectivity index (χ2n) is 8.39. The molecule has 0 atom stereocenters. The molecule has 180 valence electrons. The van der Waals surface area contributed by atoms with Crippen molar-refractivity contribution >= 4 is 17.5 Å². The van der Waals surface area contributed by atoms with Crippen LogP contribution in [0.25, 0.3) is 0 Å². The lowest BCUT2D eigenvalue weighted by molar-refractivity contribution is -0.324. The lowest BCUT2D eigenvalue weighted by atomic mass is 9.71. The summed E-state index contributed by atoms with van der Waals surface area (Å²) in [5, 5.41) is 7.34. The molecule has 3 aliphatic rings. The van der Waals surface area contributed by atoms with Crippen molar-refractivity contribution in [2.75, 3.05) is 19.8 Å². The molecule has 7 nitrogen and oxygen atoms in total. The molecule has 33 heavy (non-hydrogen) atoms. The van der Waals surface area contributed by atoms with E-state index in [9.17, 15) is 22.4 Å². The predicted molar refractivity (Wildman–Crippen MR) is 109 cm³/mol. The molecule has 0 aliphatic heterocycles. The molecule has 0 unspecified atom stereocenters. The van der Waals surface area contributed by atoms with Crippen molar-refractivity contribution in [2.45, 2.75) is 49.5 Å². The van der Waals surface area contributed by atoms with Gasteiger partial charge in [0, 0.05) is 18.0 Å². The number of nitrogens with zero attached hydrogens (tertiary/aromatic N) is 2. The van der Waals surface area contributed by atoms with E-state index in [1.165, 1.54) is 18.3 Å². The maximum Gasteiger partial charge on any atom is 0.522 e. The standard InChI is InChI=1S/C21H22ClF4N3O4/c22-16-3-2-14(8-17(16)23)32-11-18(30)28-19-4-5-20(12-19,13-19)29-10-15(9-27-29)31-6-1-7-33-21(24,25)26/h2-3,8-10H,1,4-7,11-13H2,(H,28,30). The van der Waals surface area contributed by atoms with Crippen molar-refractivity contribution in [3.63, 3.8) is 0 Å². The lowest BCUT2D eigenvalue weighted by Gasteiger charge is -2.47. The number of rotatable bonds is 10. The molecular formula is C21H22ClF4N3O4. The van der Waals surface area contributed by atoms with Crippen LogP contribution in [0.1, 0.15) is 32.1 Å². The fourth-order valence-electron chi connectivity index (χ4n) is 4.59. The first-order valence-corrected chi connectivity index (χ1v) is 10.7. The van der Waals surface area contributed by atoms with Crippen LogP contribution in [-0.2, 0) is 15.1 Å². The van der Waals surface area contributed by atoms with Gasteiger partial charge in [-0.15, -0.1) is 13.2 Å². The molecule has 12 heteroatoms. The highest BCUT2D eigenvalue weighted by molar-refractivity contribution is 6.30. The van der Waals surface area contributed by atoms with Crippen LogP contribution in [0.3, 0.4) is 0 Å². The number of benzene rings is 1. The van der Waals surface area contributed by atoms with Gasteiger partial charge in [0.2, 0.25) is 0 Å². The predicted octanol–water partition coefficient (Wildman–Crippen LogP) is 4.20. The molecule has 1 aromatic carbocycles. The minimum Gasteiger partial charge on any atom is -0.490 e. The maximum atomic E-state index is 13.5. The molecule has 1 N–H and O–H groups in total. The zero-order valence-electron chi connectivity index (χ0n) is 17.5. The van der Waals surface area contributed by atoms with Gasteiger partial charge in [-0.1, -0.05) is 11.6 Å². The Hall–Kier alpha value is -2.53. The number of ether oxygens (including phenoxy) is 3.